The van der Waals surface area contributed by atoms with Crippen molar-refractivity contribution in [3.05, 3.63) is 34.4 Å². The lowest BCUT2D eigenvalue weighted by Crippen LogP contribution is -2.17. The summed E-state index contributed by atoms with van der Waals surface area (Å²) in [5.41, 5.74) is 1.57. The fraction of sp³-hybridized carbons (Fsp3) is 0.357. The number of pyridine rings is 1. The molecular formula is C14H16BrNO. The van der Waals surface area contributed by atoms with Crippen LogP contribution in [-0.2, 0) is 5.41 Å². The molecule has 1 aromatic carbocycles. The molecule has 1 aromatic heterocycles. The van der Waals surface area contributed by atoms with E-state index in [4.69, 9.17) is 0 Å². The summed E-state index contributed by atoms with van der Waals surface area (Å²) >= 11 is 3.47. The second kappa shape index (κ2) is 4.30. The minimum atomic E-state index is -0.111. The van der Waals surface area contributed by atoms with Crippen LogP contribution in [0, 0.1) is 0 Å². The van der Waals surface area contributed by atoms with Gasteiger partial charge in [-0.3, -0.25) is 0 Å². The van der Waals surface area contributed by atoms with Gasteiger partial charge in [0.2, 0.25) is 0 Å². The van der Waals surface area contributed by atoms with E-state index in [1.165, 1.54) is 0 Å². The third kappa shape index (κ3) is 2.16. The van der Waals surface area contributed by atoms with Crippen LogP contribution >= 0.6 is 15.9 Å². The summed E-state index contributed by atoms with van der Waals surface area (Å²) in [5.74, 6) is 0.274. The molecule has 0 saturated heterocycles. The molecule has 0 unspecified atom stereocenters. The molecule has 2 aromatic rings. The summed E-state index contributed by atoms with van der Waals surface area (Å²) in [4.78, 5) is 4.60. The molecule has 0 fully saturated rings. The molecular weight excluding hydrogens is 278 g/mol. The molecule has 3 heteroatoms. The Kier molecular flexibility index (Phi) is 3.13. The summed E-state index contributed by atoms with van der Waals surface area (Å²) in [7, 11) is 0. The van der Waals surface area contributed by atoms with Gasteiger partial charge in [0, 0.05) is 15.3 Å². The van der Waals surface area contributed by atoms with Crippen molar-refractivity contribution in [2.24, 2.45) is 0 Å². The number of rotatable bonds is 2. The molecule has 1 N–H and O–H groups in total. The van der Waals surface area contributed by atoms with Crippen LogP contribution < -0.4 is 0 Å². The van der Waals surface area contributed by atoms with Crippen LogP contribution in [0.1, 0.15) is 32.9 Å². The Balaban J connectivity index is 2.73. The van der Waals surface area contributed by atoms with Crippen molar-refractivity contribution < 1.29 is 5.11 Å². The van der Waals surface area contributed by atoms with Gasteiger partial charge in [-0.25, -0.2) is 4.98 Å². The Hall–Kier alpha value is -1.09. The zero-order valence-electron chi connectivity index (χ0n) is 10.3. The number of aromatic nitrogens is 1. The minimum absolute atomic E-state index is 0.111. The summed E-state index contributed by atoms with van der Waals surface area (Å²) in [6.07, 6.45) is 0.938. The van der Waals surface area contributed by atoms with Crippen molar-refractivity contribution in [2.75, 3.05) is 0 Å². The van der Waals surface area contributed by atoms with E-state index in [2.05, 4.69) is 41.7 Å². The van der Waals surface area contributed by atoms with Gasteiger partial charge in [-0.05, 0) is 24.6 Å². The molecule has 0 amide bonds. The van der Waals surface area contributed by atoms with Gasteiger partial charge in [0.05, 0.1) is 11.2 Å². The van der Waals surface area contributed by atoms with Crippen molar-refractivity contribution in [1.29, 1.82) is 0 Å². The zero-order valence-corrected chi connectivity index (χ0v) is 11.9. The Morgan fingerprint density at radius 1 is 1.35 bits per heavy atom. The molecule has 0 bridgehead atoms. The molecule has 90 valence electrons. The van der Waals surface area contributed by atoms with E-state index in [9.17, 15) is 5.11 Å². The maximum Gasteiger partial charge on any atom is 0.138 e. The Bertz CT molecular complexity index is 563. The number of fused-ring (bicyclic) bond motifs is 1. The van der Waals surface area contributed by atoms with Crippen molar-refractivity contribution >= 4 is 26.8 Å². The topological polar surface area (TPSA) is 33.1 Å². The molecule has 0 radical (unpaired) electrons. The quantitative estimate of drug-likeness (QED) is 0.891. The van der Waals surface area contributed by atoms with E-state index >= 15 is 0 Å². The summed E-state index contributed by atoms with van der Waals surface area (Å²) in [5, 5.41) is 11.1. The highest BCUT2D eigenvalue weighted by molar-refractivity contribution is 9.10. The first-order valence-electron chi connectivity index (χ1n) is 5.74. The van der Waals surface area contributed by atoms with E-state index in [0.717, 1.165) is 27.5 Å². The first kappa shape index (κ1) is 12.4. The Morgan fingerprint density at radius 2 is 2.06 bits per heavy atom. The van der Waals surface area contributed by atoms with Gasteiger partial charge in [-0.15, -0.1) is 0 Å². The van der Waals surface area contributed by atoms with Gasteiger partial charge in [0.1, 0.15) is 5.75 Å². The third-order valence-electron chi connectivity index (χ3n) is 3.31. The van der Waals surface area contributed by atoms with Gasteiger partial charge in [0.15, 0.2) is 0 Å². The fourth-order valence-electron chi connectivity index (χ4n) is 1.81. The SMILES string of the molecule is CCC(C)(C)c1nc2cccc(Br)c2cc1O. The van der Waals surface area contributed by atoms with E-state index in [0.29, 0.717) is 0 Å². The molecule has 0 saturated carbocycles. The van der Waals surface area contributed by atoms with Crippen LogP contribution in [0.25, 0.3) is 10.9 Å². The predicted molar refractivity (Wildman–Crippen MR) is 74.4 cm³/mol. The molecule has 0 aliphatic rings. The number of nitrogens with zero attached hydrogens (tertiary/aromatic N) is 1. The van der Waals surface area contributed by atoms with E-state index in [-0.39, 0.29) is 11.2 Å². The van der Waals surface area contributed by atoms with Crippen LogP contribution in [0.2, 0.25) is 0 Å². The molecule has 0 spiro atoms. The van der Waals surface area contributed by atoms with Gasteiger partial charge >= 0.3 is 0 Å². The predicted octanol–water partition coefficient (Wildman–Crippen LogP) is 4.39. The zero-order chi connectivity index (χ0) is 12.6. The largest absolute Gasteiger partial charge is 0.506 e. The molecule has 0 atom stereocenters. The normalized spacial score (nSPS) is 12.0. The van der Waals surface area contributed by atoms with Crippen LogP contribution in [-0.4, -0.2) is 10.1 Å². The lowest BCUT2D eigenvalue weighted by atomic mass is 9.85. The first-order valence-corrected chi connectivity index (χ1v) is 6.53. The average molecular weight is 294 g/mol. The van der Waals surface area contributed by atoms with Crippen molar-refractivity contribution in [1.82, 2.24) is 4.98 Å². The molecule has 17 heavy (non-hydrogen) atoms. The third-order valence-corrected chi connectivity index (χ3v) is 4.00. The molecule has 2 nitrogen and oxygen atoms in total. The first-order chi connectivity index (χ1) is 7.95. The number of hydrogen-bond donors (Lipinski definition) is 1. The molecule has 0 aliphatic heterocycles. The van der Waals surface area contributed by atoms with E-state index in [1.807, 2.05) is 18.2 Å². The highest BCUT2D eigenvalue weighted by Crippen LogP contribution is 2.35. The van der Waals surface area contributed by atoms with E-state index in [1.54, 1.807) is 6.07 Å². The van der Waals surface area contributed by atoms with Gasteiger partial charge in [0.25, 0.3) is 0 Å². The second-order valence-electron chi connectivity index (χ2n) is 4.90. The van der Waals surface area contributed by atoms with Gasteiger partial charge < -0.3 is 5.11 Å². The van der Waals surface area contributed by atoms with Crippen LogP contribution in [0.15, 0.2) is 28.7 Å². The van der Waals surface area contributed by atoms with E-state index < -0.39 is 0 Å². The maximum atomic E-state index is 10.1. The summed E-state index contributed by atoms with van der Waals surface area (Å²) in [6.45, 7) is 6.30. The highest BCUT2D eigenvalue weighted by atomic mass is 79.9. The minimum Gasteiger partial charge on any atom is -0.506 e. The van der Waals surface area contributed by atoms with Crippen molar-refractivity contribution in [2.45, 2.75) is 32.6 Å². The number of hydrogen-bond acceptors (Lipinski definition) is 2. The van der Waals surface area contributed by atoms with Crippen molar-refractivity contribution in [3.63, 3.8) is 0 Å². The molecule has 0 aliphatic carbocycles. The van der Waals surface area contributed by atoms with Crippen LogP contribution in [0.3, 0.4) is 0 Å². The lowest BCUT2D eigenvalue weighted by Gasteiger charge is -2.23. The Morgan fingerprint density at radius 3 is 2.71 bits per heavy atom. The number of aromatic hydroxyl groups is 1. The average Bonchev–Trinajstić information content (AvgIpc) is 2.29. The van der Waals surface area contributed by atoms with Gasteiger partial charge in [-0.1, -0.05) is 42.8 Å². The Labute approximate surface area is 110 Å². The number of halogens is 1. The van der Waals surface area contributed by atoms with Crippen LogP contribution in [0.5, 0.6) is 5.75 Å². The second-order valence-corrected chi connectivity index (χ2v) is 5.75. The van der Waals surface area contributed by atoms with Gasteiger partial charge in [-0.2, -0.15) is 0 Å². The smallest absolute Gasteiger partial charge is 0.138 e. The molecule has 1 heterocycles. The van der Waals surface area contributed by atoms with Crippen LogP contribution in [0.4, 0.5) is 0 Å². The monoisotopic (exact) mass is 293 g/mol. The van der Waals surface area contributed by atoms with Crippen molar-refractivity contribution in [3.8, 4) is 5.75 Å². The fourth-order valence-corrected chi connectivity index (χ4v) is 2.28. The maximum absolute atomic E-state index is 10.1. The summed E-state index contributed by atoms with van der Waals surface area (Å²) < 4.78 is 0.957. The summed E-state index contributed by atoms with van der Waals surface area (Å²) in [6, 6.07) is 7.67. The highest BCUT2D eigenvalue weighted by Gasteiger charge is 2.24. The lowest BCUT2D eigenvalue weighted by molar-refractivity contribution is 0.419. The molecule has 2 rings (SSSR count). The standard InChI is InChI=1S/C14H16BrNO/c1-4-14(2,3)13-12(17)8-9-10(15)6-5-7-11(9)16-13/h5-8,17H,4H2,1-3H3. The number of benzene rings is 1.